The normalized spacial score (nSPS) is 9.95. The Kier molecular flexibility index (Phi) is 10.3. The standard InChI is InChI=1S/C16H14NO3.CH3.Y/c1-19-17-16(11-18)15-10-6-5-7-13(15)12-20-14-8-3-2-4-9-14;;/h2-10H,12H2,1H3;1H3;/q2*-1;/b17-16-;;. The molecule has 22 heavy (non-hydrogen) atoms. The van der Waals surface area contributed by atoms with Crippen molar-refractivity contribution in [1.82, 2.24) is 0 Å². The Labute approximate surface area is 156 Å². The molecule has 0 aliphatic heterocycles. The summed E-state index contributed by atoms with van der Waals surface area (Å²) in [6, 6.07) is 16.8. The molecule has 2 rings (SSSR count). The van der Waals surface area contributed by atoms with Crippen LogP contribution >= 0.6 is 0 Å². The second kappa shape index (κ2) is 11.1. The van der Waals surface area contributed by atoms with E-state index in [4.69, 9.17) is 4.74 Å². The minimum Gasteiger partial charge on any atom is -0.490 e. The van der Waals surface area contributed by atoms with Gasteiger partial charge >= 0.3 is 0 Å². The molecule has 0 aliphatic carbocycles. The third-order valence-electron chi connectivity index (χ3n) is 2.69. The number of oxime groups is 1. The molecule has 0 aliphatic rings. The number of ether oxygens (including phenoxy) is 1. The molecule has 0 fully saturated rings. The van der Waals surface area contributed by atoms with Gasteiger partial charge in [0.15, 0.2) is 0 Å². The summed E-state index contributed by atoms with van der Waals surface area (Å²) in [6.45, 7) is 0.338. The van der Waals surface area contributed by atoms with E-state index in [1.165, 1.54) is 7.11 Å². The van der Waals surface area contributed by atoms with Gasteiger partial charge in [-0.2, -0.15) is 0 Å². The van der Waals surface area contributed by atoms with Gasteiger partial charge in [-0.3, -0.25) is 0 Å². The zero-order valence-electron chi connectivity index (χ0n) is 12.7. The van der Waals surface area contributed by atoms with Crippen molar-refractivity contribution in [2.75, 3.05) is 7.11 Å². The van der Waals surface area contributed by atoms with Gasteiger partial charge in [0.1, 0.15) is 12.9 Å². The fourth-order valence-electron chi connectivity index (χ4n) is 1.77. The van der Waals surface area contributed by atoms with Gasteiger partial charge < -0.3 is 21.8 Å². The maximum absolute atomic E-state index is 10.9. The molecule has 1 radical (unpaired) electrons. The average Bonchev–Trinajstić information content (AvgIpc) is 2.52. The van der Waals surface area contributed by atoms with E-state index < -0.39 is 0 Å². The van der Waals surface area contributed by atoms with Crippen LogP contribution in [0.4, 0.5) is 0 Å². The number of nitrogens with zero attached hydrogens (tertiary/aromatic N) is 1. The summed E-state index contributed by atoms with van der Waals surface area (Å²) in [5, 5.41) is 3.67. The molecule has 2 aromatic rings. The number of benzene rings is 2. The summed E-state index contributed by atoms with van der Waals surface area (Å²) in [5.41, 5.74) is 1.62. The van der Waals surface area contributed by atoms with Gasteiger partial charge in [0.05, 0.1) is 6.61 Å². The maximum Gasteiger partial charge on any atom is 0.119 e. The molecule has 2 aromatic carbocycles. The van der Waals surface area contributed by atoms with Crippen LogP contribution in [0.25, 0.3) is 0 Å². The monoisotopic (exact) mass is 372 g/mol. The van der Waals surface area contributed by atoms with E-state index in [9.17, 15) is 4.79 Å². The minimum absolute atomic E-state index is 0. The first-order chi connectivity index (χ1) is 9.85. The molecule has 5 heteroatoms. The molecule has 0 saturated heterocycles. The summed E-state index contributed by atoms with van der Waals surface area (Å²) in [5.74, 6) is 0.766. The van der Waals surface area contributed by atoms with E-state index in [-0.39, 0.29) is 45.8 Å². The Morgan fingerprint density at radius 3 is 2.36 bits per heavy atom. The van der Waals surface area contributed by atoms with Gasteiger partial charge in [0.25, 0.3) is 0 Å². The maximum atomic E-state index is 10.9. The predicted octanol–water partition coefficient (Wildman–Crippen LogP) is 3.17. The molecule has 0 bridgehead atoms. The van der Waals surface area contributed by atoms with Crippen LogP contribution in [0.5, 0.6) is 5.75 Å². The van der Waals surface area contributed by atoms with Crippen LogP contribution in [-0.4, -0.2) is 19.1 Å². The SMILES string of the molecule is CO/N=C(/[C-]=O)c1ccccc1COc1ccccc1.[CH3-].[Y]. The average molecular weight is 372 g/mol. The third-order valence-corrected chi connectivity index (χ3v) is 2.69. The molecular formula is C17H17NO3Y-2. The van der Waals surface area contributed by atoms with Gasteiger partial charge in [-0.05, 0) is 17.8 Å². The number of para-hydroxylation sites is 1. The second-order valence-electron chi connectivity index (χ2n) is 3.98. The van der Waals surface area contributed by atoms with Gasteiger partial charge in [-0.1, -0.05) is 42.0 Å². The molecule has 0 N–H and O–H groups in total. The van der Waals surface area contributed by atoms with Crippen LogP contribution in [0.15, 0.2) is 59.8 Å². The van der Waals surface area contributed by atoms with E-state index in [1.54, 1.807) is 12.4 Å². The number of carbonyl (C=O) groups excluding carboxylic acids is 1. The number of rotatable bonds is 6. The Morgan fingerprint density at radius 2 is 1.73 bits per heavy atom. The largest absolute Gasteiger partial charge is 0.490 e. The molecular weight excluding hydrogens is 355 g/mol. The fourth-order valence-corrected chi connectivity index (χ4v) is 1.77. The van der Waals surface area contributed by atoms with Gasteiger partial charge in [-0.15, -0.1) is 16.8 Å². The van der Waals surface area contributed by atoms with Crippen molar-refractivity contribution < 1.29 is 47.1 Å². The molecule has 4 nitrogen and oxygen atoms in total. The van der Waals surface area contributed by atoms with Crippen molar-refractivity contribution in [3.63, 3.8) is 0 Å². The van der Waals surface area contributed by atoms with Crippen LogP contribution in [0.1, 0.15) is 11.1 Å². The first-order valence-electron chi connectivity index (χ1n) is 6.10. The molecule has 113 valence electrons. The first kappa shape index (κ1) is 20.5. The van der Waals surface area contributed by atoms with E-state index >= 15 is 0 Å². The zero-order chi connectivity index (χ0) is 14.2. The van der Waals surface area contributed by atoms with Gasteiger partial charge in [0.2, 0.25) is 0 Å². The quantitative estimate of drug-likeness (QED) is 0.445. The summed E-state index contributed by atoms with van der Waals surface area (Å²) in [4.78, 5) is 15.6. The van der Waals surface area contributed by atoms with E-state index in [1.807, 2.05) is 48.5 Å². The van der Waals surface area contributed by atoms with Crippen LogP contribution in [-0.2, 0) is 48.9 Å². The van der Waals surface area contributed by atoms with Crippen molar-refractivity contribution in [2.24, 2.45) is 5.16 Å². The summed E-state index contributed by atoms with van der Waals surface area (Å²) >= 11 is 0. The molecule has 0 atom stereocenters. The Morgan fingerprint density at radius 1 is 1.09 bits per heavy atom. The van der Waals surface area contributed by atoms with Crippen LogP contribution in [0.3, 0.4) is 0 Å². The van der Waals surface area contributed by atoms with E-state index in [0.29, 0.717) is 12.2 Å². The smallest absolute Gasteiger partial charge is 0.119 e. The molecule has 0 saturated carbocycles. The Bertz CT molecular complexity index is 600. The molecule has 0 spiro atoms. The Hall–Kier alpha value is -1.52. The number of hydrogen-bond donors (Lipinski definition) is 0. The molecule has 0 heterocycles. The van der Waals surface area contributed by atoms with Gasteiger partial charge in [0, 0.05) is 39.0 Å². The van der Waals surface area contributed by atoms with Crippen molar-refractivity contribution in [1.29, 1.82) is 0 Å². The number of hydrogen-bond acceptors (Lipinski definition) is 4. The molecule has 0 amide bonds. The fraction of sp³-hybridized carbons (Fsp3) is 0.118. The van der Waals surface area contributed by atoms with Crippen molar-refractivity contribution in [3.8, 4) is 5.75 Å². The minimum atomic E-state index is 0. The summed E-state index contributed by atoms with van der Waals surface area (Å²) in [7, 11) is 1.39. The van der Waals surface area contributed by atoms with Crippen LogP contribution in [0.2, 0.25) is 0 Å². The summed E-state index contributed by atoms with van der Waals surface area (Å²) < 4.78 is 5.68. The van der Waals surface area contributed by atoms with Gasteiger partial charge in [-0.25, -0.2) is 0 Å². The first-order valence-corrected chi connectivity index (χ1v) is 6.10. The van der Waals surface area contributed by atoms with Crippen LogP contribution < -0.4 is 4.74 Å². The second-order valence-corrected chi connectivity index (χ2v) is 3.98. The summed E-state index contributed by atoms with van der Waals surface area (Å²) in [6.07, 6.45) is 1.78. The van der Waals surface area contributed by atoms with E-state index in [2.05, 4.69) is 9.99 Å². The van der Waals surface area contributed by atoms with E-state index in [0.717, 1.165) is 11.3 Å². The van der Waals surface area contributed by atoms with Crippen LogP contribution in [0, 0.1) is 7.43 Å². The Balaban J connectivity index is 0.00000220. The van der Waals surface area contributed by atoms with Crippen molar-refractivity contribution in [3.05, 3.63) is 73.2 Å². The molecule has 0 aromatic heterocycles. The zero-order valence-corrected chi connectivity index (χ0v) is 15.5. The van der Waals surface area contributed by atoms with Crippen molar-refractivity contribution >= 4 is 12.0 Å². The molecule has 0 unspecified atom stereocenters. The predicted molar refractivity (Wildman–Crippen MR) is 82.9 cm³/mol. The topological polar surface area (TPSA) is 47.9 Å². The third kappa shape index (κ3) is 5.70. The van der Waals surface area contributed by atoms with Crippen molar-refractivity contribution in [2.45, 2.75) is 6.61 Å².